The van der Waals surface area contributed by atoms with Crippen LogP contribution in [0.2, 0.25) is 5.02 Å². The Labute approximate surface area is 243 Å². The Morgan fingerprint density at radius 1 is 1.02 bits per heavy atom. The van der Waals surface area contributed by atoms with Crippen LogP contribution < -0.4 is 9.47 Å². The van der Waals surface area contributed by atoms with Crippen molar-refractivity contribution < 1.29 is 22.7 Å². The number of carbonyl (C=O) groups excluding carboxylic acids is 1. The van der Waals surface area contributed by atoms with Gasteiger partial charge in [0.05, 0.1) is 9.90 Å². The Bertz CT molecular complexity index is 1510. The van der Waals surface area contributed by atoms with E-state index < -0.39 is 10.0 Å². The molecule has 2 fully saturated rings. The summed E-state index contributed by atoms with van der Waals surface area (Å²) in [5.74, 6) is 1.67. The minimum Gasteiger partial charge on any atom is -0.454 e. The van der Waals surface area contributed by atoms with E-state index in [2.05, 4.69) is 11.0 Å². The Hall–Kier alpha value is -2.70. The maximum absolute atomic E-state index is 13.2. The molecule has 212 valence electrons. The SMILES string of the molecule is Cc1ccc(S(=O)(=O)N2CCC(c3nc(C(=O)N4CCN(Cc5ccc6c(c5)OCO6)CC4)cs3)CC2)cc1Cl. The number of amides is 1. The van der Waals surface area contributed by atoms with Gasteiger partial charge in [0.1, 0.15) is 5.69 Å². The van der Waals surface area contributed by atoms with Crippen LogP contribution in [0.1, 0.15) is 45.4 Å². The molecular weight excluding hydrogens is 572 g/mol. The number of aryl methyl sites for hydroxylation is 1. The molecule has 9 nitrogen and oxygen atoms in total. The third kappa shape index (κ3) is 5.58. The van der Waals surface area contributed by atoms with Gasteiger partial charge in [0.2, 0.25) is 16.8 Å². The molecule has 0 atom stereocenters. The second kappa shape index (κ2) is 11.3. The molecule has 12 heteroatoms. The molecule has 0 N–H and O–H groups in total. The molecule has 0 spiro atoms. The second-order valence-corrected chi connectivity index (χ2v) is 13.7. The molecule has 40 heavy (non-hydrogen) atoms. The van der Waals surface area contributed by atoms with Gasteiger partial charge in [-0.05, 0) is 55.2 Å². The van der Waals surface area contributed by atoms with E-state index in [0.717, 1.165) is 47.3 Å². The number of sulfonamides is 1. The fourth-order valence-corrected chi connectivity index (χ4v) is 8.07. The van der Waals surface area contributed by atoms with Gasteiger partial charge in [0.25, 0.3) is 5.91 Å². The van der Waals surface area contributed by atoms with Crippen LogP contribution in [0.15, 0.2) is 46.7 Å². The first-order valence-electron chi connectivity index (χ1n) is 13.4. The number of nitrogens with zero attached hydrogens (tertiary/aromatic N) is 4. The normalized spacial score (nSPS) is 18.8. The van der Waals surface area contributed by atoms with Crippen molar-refractivity contribution in [1.82, 2.24) is 19.1 Å². The highest BCUT2D eigenvalue weighted by atomic mass is 35.5. The molecule has 2 saturated heterocycles. The smallest absolute Gasteiger partial charge is 0.273 e. The summed E-state index contributed by atoms with van der Waals surface area (Å²) in [4.78, 5) is 22.3. The number of thiazole rings is 1. The summed E-state index contributed by atoms with van der Waals surface area (Å²) in [5.41, 5.74) is 2.49. The molecule has 6 rings (SSSR count). The van der Waals surface area contributed by atoms with Gasteiger partial charge in [0, 0.05) is 62.1 Å². The average Bonchev–Trinajstić information content (AvgIpc) is 3.65. The summed E-state index contributed by atoms with van der Waals surface area (Å²) in [6.45, 7) is 6.60. The van der Waals surface area contributed by atoms with Gasteiger partial charge in [0.15, 0.2) is 11.5 Å². The molecule has 0 saturated carbocycles. The highest BCUT2D eigenvalue weighted by Gasteiger charge is 2.32. The zero-order valence-corrected chi connectivity index (χ0v) is 24.6. The predicted octanol–water partition coefficient (Wildman–Crippen LogP) is 4.36. The Morgan fingerprint density at radius 3 is 2.52 bits per heavy atom. The number of halogens is 1. The predicted molar refractivity (Wildman–Crippen MR) is 153 cm³/mol. The number of benzene rings is 2. The first kappa shape index (κ1) is 27.5. The lowest BCUT2D eigenvalue weighted by molar-refractivity contribution is 0.0623. The third-order valence-electron chi connectivity index (χ3n) is 7.83. The van der Waals surface area contributed by atoms with E-state index in [1.54, 1.807) is 12.1 Å². The van der Waals surface area contributed by atoms with Crippen molar-refractivity contribution >= 4 is 38.9 Å². The van der Waals surface area contributed by atoms with E-state index in [1.165, 1.54) is 21.7 Å². The zero-order valence-electron chi connectivity index (χ0n) is 22.2. The van der Waals surface area contributed by atoms with Crippen LogP contribution in [0.25, 0.3) is 0 Å². The van der Waals surface area contributed by atoms with Crippen LogP contribution in [-0.2, 0) is 16.6 Å². The van der Waals surface area contributed by atoms with Crippen LogP contribution in [0.3, 0.4) is 0 Å². The third-order valence-corrected chi connectivity index (χ3v) is 11.1. The van der Waals surface area contributed by atoms with Gasteiger partial charge >= 0.3 is 0 Å². The van der Waals surface area contributed by atoms with Gasteiger partial charge in [-0.1, -0.05) is 23.7 Å². The summed E-state index contributed by atoms with van der Waals surface area (Å²) >= 11 is 7.66. The lowest BCUT2D eigenvalue weighted by Gasteiger charge is -2.34. The molecule has 3 aliphatic heterocycles. The molecule has 4 heterocycles. The maximum atomic E-state index is 13.2. The average molecular weight is 603 g/mol. The molecule has 0 radical (unpaired) electrons. The molecule has 1 amide bonds. The van der Waals surface area contributed by atoms with Gasteiger partial charge in [-0.15, -0.1) is 11.3 Å². The van der Waals surface area contributed by atoms with Gasteiger partial charge < -0.3 is 14.4 Å². The van der Waals surface area contributed by atoms with E-state index in [4.69, 9.17) is 26.1 Å². The molecule has 0 aliphatic carbocycles. The second-order valence-electron chi connectivity index (χ2n) is 10.4. The first-order chi connectivity index (χ1) is 19.3. The minimum atomic E-state index is -3.60. The fourth-order valence-electron chi connectivity index (χ4n) is 5.37. The quantitative estimate of drug-likeness (QED) is 0.414. The molecule has 1 aromatic heterocycles. The molecule has 3 aliphatic rings. The van der Waals surface area contributed by atoms with Crippen LogP contribution in [0.4, 0.5) is 0 Å². The van der Waals surface area contributed by atoms with Crippen LogP contribution in [0, 0.1) is 6.92 Å². The Balaban J connectivity index is 1.01. The van der Waals surface area contributed by atoms with Crippen LogP contribution >= 0.6 is 22.9 Å². The standard InChI is InChI=1S/C28H31ClN4O5S2/c1-19-2-4-22(15-23(19)29)40(35,36)33-8-6-21(7-9-33)27-30-24(17-39-27)28(34)32-12-10-31(11-13-32)16-20-3-5-25-26(14-20)38-18-37-25/h2-5,14-15,17,21H,6-13,16,18H2,1H3. The zero-order chi connectivity index (χ0) is 27.9. The summed E-state index contributed by atoms with van der Waals surface area (Å²) in [7, 11) is -3.60. The molecule has 0 unspecified atom stereocenters. The fraction of sp³-hybridized carbons (Fsp3) is 0.429. The Morgan fingerprint density at radius 2 is 1.77 bits per heavy atom. The van der Waals surface area contributed by atoms with E-state index in [9.17, 15) is 13.2 Å². The van der Waals surface area contributed by atoms with Crippen LogP contribution in [0.5, 0.6) is 11.5 Å². The van der Waals surface area contributed by atoms with Crippen molar-refractivity contribution in [2.45, 2.75) is 37.1 Å². The van der Waals surface area contributed by atoms with Crippen molar-refractivity contribution in [3.05, 3.63) is 68.6 Å². The number of piperazine rings is 1. The number of rotatable bonds is 6. The summed E-state index contributed by atoms with van der Waals surface area (Å²) in [6.07, 6.45) is 1.33. The van der Waals surface area contributed by atoms with E-state index in [1.807, 2.05) is 29.3 Å². The number of piperidine rings is 1. The number of ether oxygens (including phenoxy) is 2. The molecule has 0 bridgehead atoms. The highest BCUT2D eigenvalue weighted by Crippen LogP contribution is 2.34. The van der Waals surface area contributed by atoms with E-state index in [0.29, 0.717) is 49.7 Å². The number of hydrogen-bond acceptors (Lipinski definition) is 8. The highest BCUT2D eigenvalue weighted by molar-refractivity contribution is 7.89. The summed E-state index contributed by atoms with van der Waals surface area (Å²) < 4.78 is 38.6. The minimum absolute atomic E-state index is 0.0403. The largest absolute Gasteiger partial charge is 0.454 e. The van der Waals surface area contributed by atoms with Crippen molar-refractivity contribution in [3.8, 4) is 11.5 Å². The molecule has 3 aromatic rings. The number of fused-ring (bicyclic) bond motifs is 1. The van der Waals surface area contributed by atoms with Crippen molar-refractivity contribution in [3.63, 3.8) is 0 Å². The lowest BCUT2D eigenvalue weighted by Crippen LogP contribution is -2.48. The van der Waals surface area contributed by atoms with Crippen molar-refractivity contribution in [2.75, 3.05) is 46.1 Å². The topological polar surface area (TPSA) is 92.3 Å². The lowest BCUT2D eigenvalue weighted by atomic mass is 9.99. The number of hydrogen-bond donors (Lipinski definition) is 0. The molecular formula is C28H31ClN4O5S2. The first-order valence-corrected chi connectivity index (χ1v) is 16.1. The number of carbonyl (C=O) groups is 1. The van der Waals surface area contributed by atoms with Crippen LogP contribution in [-0.4, -0.2) is 79.5 Å². The summed E-state index contributed by atoms with van der Waals surface area (Å²) in [6, 6.07) is 10.9. The van der Waals surface area contributed by atoms with Crippen molar-refractivity contribution in [1.29, 1.82) is 0 Å². The summed E-state index contributed by atoms with van der Waals surface area (Å²) in [5, 5.41) is 3.19. The van der Waals surface area contributed by atoms with Gasteiger partial charge in [-0.2, -0.15) is 4.31 Å². The molecule has 2 aromatic carbocycles. The maximum Gasteiger partial charge on any atom is 0.273 e. The van der Waals surface area contributed by atoms with E-state index >= 15 is 0 Å². The number of aromatic nitrogens is 1. The monoisotopic (exact) mass is 602 g/mol. The Kier molecular flexibility index (Phi) is 7.75. The van der Waals surface area contributed by atoms with Gasteiger partial charge in [-0.3, -0.25) is 9.69 Å². The van der Waals surface area contributed by atoms with Gasteiger partial charge in [-0.25, -0.2) is 13.4 Å². The van der Waals surface area contributed by atoms with Crippen molar-refractivity contribution in [2.24, 2.45) is 0 Å². The van der Waals surface area contributed by atoms with E-state index in [-0.39, 0.29) is 23.5 Å².